The number of carbonyl (C=O) groups is 1. The van der Waals surface area contributed by atoms with Gasteiger partial charge in [-0.2, -0.15) is 0 Å². The number of anilines is 1. The van der Waals surface area contributed by atoms with Crippen LogP contribution in [0.3, 0.4) is 0 Å². The number of nitrogens with zero attached hydrogens (tertiary/aromatic N) is 3. The van der Waals surface area contributed by atoms with E-state index >= 15 is 0 Å². The van der Waals surface area contributed by atoms with Crippen LogP contribution in [-0.2, 0) is 11.3 Å². The largest absolute Gasteiger partial charge is 0.497 e. The molecule has 2 aromatic rings. The zero-order valence-corrected chi connectivity index (χ0v) is 18.4. The van der Waals surface area contributed by atoms with Crippen molar-refractivity contribution in [3.8, 4) is 5.75 Å². The summed E-state index contributed by atoms with van der Waals surface area (Å²) in [4.78, 5) is 14.7. The highest BCUT2D eigenvalue weighted by Gasteiger charge is 2.26. The highest BCUT2D eigenvalue weighted by Crippen LogP contribution is 2.30. The zero-order valence-electron chi connectivity index (χ0n) is 16.7. The Morgan fingerprint density at radius 2 is 1.78 bits per heavy atom. The second-order valence-electron chi connectivity index (χ2n) is 6.77. The van der Waals surface area contributed by atoms with E-state index in [2.05, 4.69) is 15.5 Å². The van der Waals surface area contributed by atoms with Crippen molar-refractivity contribution in [2.24, 2.45) is 0 Å². The minimum absolute atomic E-state index is 0.132. The molecule has 1 aromatic carbocycles. The van der Waals surface area contributed by atoms with Crippen molar-refractivity contribution >= 4 is 34.1 Å². The third kappa shape index (κ3) is 6.10. The predicted molar refractivity (Wildman–Crippen MR) is 113 cm³/mol. The summed E-state index contributed by atoms with van der Waals surface area (Å²) >= 11 is 2.93. The van der Waals surface area contributed by atoms with Gasteiger partial charge in [-0.25, -0.2) is 0 Å². The van der Waals surface area contributed by atoms with Crippen LogP contribution in [0.2, 0.25) is 0 Å². The summed E-state index contributed by atoms with van der Waals surface area (Å²) in [6.07, 6.45) is 0. The van der Waals surface area contributed by atoms with E-state index in [0.717, 1.165) is 20.8 Å². The molecule has 0 aliphatic heterocycles. The van der Waals surface area contributed by atoms with Crippen molar-refractivity contribution in [2.45, 2.75) is 62.8 Å². The molecule has 0 fully saturated rings. The SMILES string of the molecule is COc1ccc(CNc2nnc(SC(C)C(=O)N(C(C)C)C(C)C)s2)cc1. The van der Waals surface area contributed by atoms with Crippen LogP contribution in [0.15, 0.2) is 28.6 Å². The number of ether oxygens (including phenoxy) is 1. The molecule has 1 atom stereocenters. The van der Waals surface area contributed by atoms with Crippen molar-refractivity contribution in [1.82, 2.24) is 15.1 Å². The average Bonchev–Trinajstić information content (AvgIpc) is 3.07. The van der Waals surface area contributed by atoms with Gasteiger partial charge in [0, 0.05) is 18.6 Å². The summed E-state index contributed by atoms with van der Waals surface area (Å²) < 4.78 is 5.96. The Bertz CT molecular complexity index is 724. The van der Waals surface area contributed by atoms with Crippen LogP contribution >= 0.6 is 23.1 Å². The van der Waals surface area contributed by atoms with Gasteiger partial charge in [0.1, 0.15) is 5.75 Å². The van der Waals surface area contributed by atoms with Gasteiger partial charge in [0.15, 0.2) is 4.34 Å². The smallest absolute Gasteiger partial charge is 0.236 e. The van der Waals surface area contributed by atoms with E-state index in [9.17, 15) is 4.79 Å². The van der Waals surface area contributed by atoms with Gasteiger partial charge >= 0.3 is 0 Å². The number of thioether (sulfide) groups is 1. The molecule has 0 radical (unpaired) electrons. The maximum Gasteiger partial charge on any atom is 0.236 e. The highest BCUT2D eigenvalue weighted by molar-refractivity contribution is 8.02. The Hall–Kier alpha value is -1.80. The van der Waals surface area contributed by atoms with E-state index in [1.165, 1.54) is 23.1 Å². The van der Waals surface area contributed by atoms with Crippen LogP contribution in [0.25, 0.3) is 0 Å². The van der Waals surface area contributed by atoms with E-state index in [0.29, 0.717) is 6.54 Å². The van der Waals surface area contributed by atoms with Crippen LogP contribution < -0.4 is 10.1 Å². The molecule has 27 heavy (non-hydrogen) atoms. The standard InChI is InChI=1S/C19H28N4O2S2/c1-12(2)23(13(3)4)17(24)14(5)26-19-22-21-18(27-19)20-11-15-7-9-16(25-6)10-8-15/h7-10,12-14H,11H2,1-6H3,(H,20,21). The van der Waals surface area contributed by atoms with Crippen LogP contribution in [0.1, 0.15) is 40.2 Å². The summed E-state index contributed by atoms with van der Waals surface area (Å²) in [5.74, 6) is 0.969. The predicted octanol–water partition coefficient (Wildman–Crippen LogP) is 4.28. The number of rotatable bonds is 9. The molecule has 148 valence electrons. The van der Waals surface area contributed by atoms with Crippen molar-refractivity contribution in [1.29, 1.82) is 0 Å². The normalized spacial score (nSPS) is 12.3. The van der Waals surface area contributed by atoms with Gasteiger partial charge < -0.3 is 15.0 Å². The van der Waals surface area contributed by atoms with Crippen molar-refractivity contribution in [3.63, 3.8) is 0 Å². The van der Waals surface area contributed by atoms with Gasteiger partial charge in [-0.05, 0) is 52.3 Å². The molecule has 1 N–H and O–H groups in total. The highest BCUT2D eigenvalue weighted by atomic mass is 32.2. The Morgan fingerprint density at radius 1 is 1.15 bits per heavy atom. The molecule has 0 saturated heterocycles. The first kappa shape index (κ1) is 21.5. The topological polar surface area (TPSA) is 67.3 Å². The molecule has 1 amide bonds. The molecular formula is C19H28N4O2S2. The van der Waals surface area contributed by atoms with Crippen molar-refractivity contribution in [3.05, 3.63) is 29.8 Å². The number of amides is 1. The first-order valence-corrected chi connectivity index (χ1v) is 10.7. The monoisotopic (exact) mass is 408 g/mol. The Balaban J connectivity index is 1.91. The van der Waals surface area contributed by atoms with Gasteiger partial charge in [-0.1, -0.05) is 35.2 Å². The number of aromatic nitrogens is 2. The lowest BCUT2D eigenvalue weighted by Crippen LogP contribution is -2.45. The molecule has 0 spiro atoms. The number of benzene rings is 1. The third-order valence-electron chi connectivity index (χ3n) is 4.00. The maximum absolute atomic E-state index is 12.7. The lowest BCUT2D eigenvalue weighted by molar-refractivity contribution is -0.133. The van der Waals surface area contributed by atoms with Crippen molar-refractivity contribution in [2.75, 3.05) is 12.4 Å². The zero-order chi connectivity index (χ0) is 20.0. The molecule has 0 saturated carbocycles. The van der Waals surface area contributed by atoms with Gasteiger partial charge in [-0.3, -0.25) is 4.79 Å². The van der Waals surface area contributed by atoms with Gasteiger partial charge in [0.05, 0.1) is 12.4 Å². The van der Waals surface area contributed by atoms with Gasteiger partial charge in [0.2, 0.25) is 11.0 Å². The summed E-state index contributed by atoms with van der Waals surface area (Å²) in [6, 6.07) is 8.24. The Labute approximate surface area is 169 Å². The van der Waals surface area contributed by atoms with Crippen LogP contribution in [0, 0.1) is 0 Å². The molecule has 2 rings (SSSR count). The van der Waals surface area contributed by atoms with E-state index in [-0.39, 0.29) is 23.2 Å². The molecule has 0 aliphatic carbocycles. The summed E-state index contributed by atoms with van der Waals surface area (Å²) in [5.41, 5.74) is 1.13. The maximum atomic E-state index is 12.7. The van der Waals surface area contributed by atoms with E-state index in [4.69, 9.17) is 4.74 Å². The molecule has 0 aliphatic rings. The average molecular weight is 409 g/mol. The fourth-order valence-corrected chi connectivity index (χ4v) is 4.71. The summed E-state index contributed by atoms with van der Waals surface area (Å²) in [7, 11) is 1.65. The number of hydrogen-bond acceptors (Lipinski definition) is 7. The quantitative estimate of drug-likeness (QED) is 0.625. The van der Waals surface area contributed by atoms with Crippen molar-refractivity contribution < 1.29 is 9.53 Å². The number of carbonyl (C=O) groups excluding carboxylic acids is 1. The fraction of sp³-hybridized carbons (Fsp3) is 0.526. The first-order valence-electron chi connectivity index (χ1n) is 9.01. The van der Waals surface area contributed by atoms with Gasteiger partial charge in [-0.15, -0.1) is 10.2 Å². The number of methoxy groups -OCH3 is 1. The summed E-state index contributed by atoms with van der Waals surface area (Å²) in [6.45, 7) is 10.8. The number of hydrogen-bond donors (Lipinski definition) is 1. The molecular weight excluding hydrogens is 380 g/mol. The molecule has 1 unspecified atom stereocenters. The lowest BCUT2D eigenvalue weighted by Gasteiger charge is -2.32. The first-order chi connectivity index (χ1) is 12.8. The number of nitrogens with one attached hydrogen (secondary N) is 1. The second-order valence-corrected chi connectivity index (χ2v) is 9.33. The molecule has 6 nitrogen and oxygen atoms in total. The lowest BCUT2D eigenvalue weighted by atomic mass is 10.2. The van der Waals surface area contributed by atoms with E-state index in [1.807, 2.05) is 63.8 Å². The Kier molecular flexibility index (Phi) is 7.91. The second kappa shape index (κ2) is 9.94. The van der Waals surface area contributed by atoms with Crippen LogP contribution in [-0.4, -0.2) is 45.4 Å². The molecule has 0 bridgehead atoms. The van der Waals surface area contributed by atoms with Gasteiger partial charge in [0.25, 0.3) is 0 Å². The minimum atomic E-state index is -0.197. The molecule has 1 heterocycles. The molecule has 8 heteroatoms. The van der Waals surface area contributed by atoms with E-state index in [1.54, 1.807) is 7.11 Å². The van der Waals surface area contributed by atoms with Crippen LogP contribution in [0.5, 0.6) is 5.75 Å². The Morgan fingerprint density at radius 3 is 2.33 bits per heavy atom. The van der Waals surface area contributed by atoms with E-state index < -0.39 is 0 Å². The minimum Gasteiger partial charge on any atom is -0.497 e. The molecule has 1 aromatic heterocycles. The third-order valence-corrected chi connectivity index (χ3v) is 6.05. The van der Waals surface area contributed by atoms with Crippen LogP contribution in [0.4, 0.5) is 5.13 Å². The fourth-order valence-electron chi connectivity index (χ4n) is 2.77. The summed E-state index contributed by atoms with van der Waals surface area (Å²) in [5, 5.41) is 12.2.